The molecule has 0 fully saturated rings. The van der Waals surface area contributed by atoms with Crippen LogP contribution in [0.5, 0.6) is 0 Å². The van der Waals surface area contributed by atoms with Crippen LogP contribution in [0.15, 0.2) is 18.2 Å². The van der Waals surface area contributed by atoms with Gasteiger partial charge in [-0.1, -0.05) is 0 Å². The lowest BCUT2D eigenvalue weighted by Gasteiger charge is -2.13. The van der Waals surface area contributed by atoms with Gasteiger partial charge in [-0.2, -0.15) is 0 Å². The van der Waals surface area contributed by atoms with E-state index in [1.54, 1.807) is 23.7 Å². The number of anilines is 2. The summed E-state index contributed by atoms with van der Waals surface area (Å²) in [6, 6.07) is 4.63. The number of Topliss-reactive ketones (excluding diaryl/α,β-unsaturated/α-hetero) is 1. The lowest BCUT2D eigenvalue weighted by atomic mass is 9.93. The van der Waals surface area contributed by atoms with E-state index in [2.05, 4.69) is 10.8 Å². The third-order valence-electron chi connectivity index (χ3n) is 4.65. The van der Waals surface area contributed by atoms with Gasteiger partial charge in [-0.3, -0.25) is 14.4 Å². The highest BCUT2D eigenvalue weighted by atomic mass is 127. The van der Waals surface area contributed by atoms with Crippen LogP contribution in [0.3, 0.4) is 0 Å². The van der Waals surface area contributed by atoms with Crippen LogP contribution >= 0.6 is 22.6 Å². The zero-order chi connectivity index (χ0) is 21.1. The number of amides is 1. The number of nitrogens with zero attached hydrogens (tertiary/aromatic N) is 1. The van der Waals surface area contributed by atoms with E-state index in [1.165, 1.54) is 6.07 Å². The number of hydrogen-bond acceptors (Lipinski definition) is 6. The van der Waals surface area contributed by atoms with Crippen LogP contribution in [0.25, 0.3) is 0 Å². The molecule has 0 spiro atoms. The summed E-state index contributed by atoms with van der Waals surface area (Å²) in [5, 5.41) is 21.1. The van der Waals surface area contributed by atoms with Gasteiger partial charge in [0.15, 0.2) is 5.78 Å². The number of aliphatic hydroxyl groups is 2. The lowest BCUT2D eigenvalue weighted by molar-refractivity contribution is -0.0295. The zero-order valence-electron chi connectivity index (χ0n) is 15.7. The van der Waals surface area contributed by atoms with E-state index in [-0.39, 0.29) is 29.5 Å². The van der Waals surface area contributed by atoms with E-state index >= 15 is 0 Å². The standard InChI is InChI=1S/C19H21FIN3O5/c1-24-17-12(3-2-4-15(17)27)16(19(28)23-29-9-11(26)8-25)18(24)22-14-6-5-10(21)7-13(14)20/h5-7,11,22,25-26H,2-4,8-9H2,1H3,(H,23,28)/t11-/m0/s1. The van der Waals surface area contributed by atoms with E-state index in [1.807, 2.05) is 22.6 Å². The van der Waals surface area contributed by atoms with Gasteiger partial charge < -0.3 is 20.1 Å². The number of benzene rings is 1. The first-order valence-electron chi connectivity index (χ1n) is 9.01. The predicted molar refractivity (Wildman–Crippen MR) is 112 cm³/mol. The van der Waals surface area contributed by atoms with Gasteiger partial charge in [0.25, 0.3) is 5.91 Å². The Hall–Kier alpha value is -2.02. The number of rotatable bonds is 7. The lowest BCUT2D eigenvalue weighted by Crippen LogP contribution is -2.30. The summed E-state index contributed by atoms with van der Waals surface area (Å²) in [6.45, 7) is -0.811. The highest BCUT2D eigenvalue weighted by Gasteiger charge is 2.32. The molecule has 0 radical (unpaired) electrons. The number of hydroxylamine groups is 1. The van der Waals surface area contributed by atoms with Crippen molar-refractivity contribution in [3.63, 3.8) is 0 Å². The second-order valence-corrected chi connectivity index (χ2v) is 7.96. The fourth-order valence-electron chi connectivity index (χ4n) is 3.30. The first-order chi connectivity index (χ1) is 13.8. The van der Waals surface area contributed by atoms with Crippen molar-refractivity contribution in [2.24, 2.45) is 7.05 Å². The van der Waals surface area contributed by atoms with E-state index in [0.29, 0.717) is 30.5 Å². The Morgan fingerprint density at radius 3 is 2.86 bits per heavy atom. The van der Waals surface area contributed by atoms with Crippen molar-refractivity contribution in [2.45, 2.75) is 25.4 Å². The number of nitrogens with one attached hydrogen (secondary N) is 2. The number of carbonyl (C=O) groups is 2. The fraction of sp³-hybridized carbons (Fsp3) is 0.368. The summed E-state index contributed by atoms with van der Waals surface area (Å²) in [7, 11) is 1.64. The SMILES string of the molecule is Cn1c(Nc2ccc(I)cc2F)c(C(=O)NOC[C@@H](O)CO)c2c1C(=O)CCC2. The highest BCUT2D eigenvalue weighted by Crippen LogP contribution is 2.35. The fourth-order valence-corrected chi connectivity index (χ4v) is 3.76. The number of halogens is 2. The summed E-state index contributed by atoms with van der Waals surface area (Å²) in [5.74, 6) is -0.934. The molecule has 0 saturated carbocycles. The second kappa shape index (κ2) is 9.20. The Bertz CT molecular complexity index is 946. The van der Waals surface area contributed by atoms with Gasteiger partial charge in [0.1, 0.15) is 24.3 Å². The van der Waals surface area contributed by atoms with Crippen LogP contribution < -0.4 is 10.8 Å². The van der Waals surface area contributed by atoms with E-state index < -0.39 is 24.4 Å². The maximum Gasteiger partial charge on any atom is 0.278 e. The molecule has 2 aromatic rings. The summed E-state index contributed by atoms with van der Waals surface area (Å²) in [5.41, 5.74) is 3.56. The van der Waals surface area contributed by atoms with Crippen LogP contribution in [-0.2, 0) is 18.3 Å². The largest absolute Gasteiger partial charge is 0.394 e. The zero-order valence-corrected chi connectivity index (χ0v) is 17.8. The van der Waals surface area contributed by atoms with E-state index in [0.717, 1.165) is 3.57 Å². The molecule has 0 bridgehead atoms. The molecule has 1 amide bonds. The van der Waals surface area contributed by atoms with Crippen molar-refractivity contribution in [3.05, 3.63) is 44.4 Å². The van der Waals surface area contributed by atoms with E-state index in [9.17, 15) is 19.1 Å². The van der Waals surface area contributed by atoms with Crippen LogP contribution in [0.4, 0.5) is 15.9 Å². The van der Waals surface area contributed by atoms with Crippen LogP contribution in [0.2, 0.25) is 0 Å². The van der Waals surface area contributed by atoms with Gasteiger partial charge in [-0.05, 0) is 59.2 Å². The molecule has 29 heavy (non-hydrogen) atoms. The second-order valence-electron chi connectivity index (χ2n) is 6.71. The molecule has 1 aromatic heterocycles. The van der Waals surface area contributed by atoms with Gasteiger partial charge in [0, 0.05) is 17.0 Å². The molecule has 10 heteroatoms. The highest BCUT2D eigenvalue weighted by molar-refractivity contribution is 14.1. The Labute approximate surface area is 180 Å². The summed E-state index contributed by atoms with van der Waals surface area (Å²) in [4.78, 5) is 30.2. The maximum atomic E-state index is 14.4. The number of hydrogen-bond donors (Lipinski definition) is 4. The number of fused-ring (bicyclic) bond motifs is 1. The Kier molecular flexibility index (Phi) is 6.88. The molecule has 1 heterocycles. The van der Waals surface area contributed by atoms with Gasteiger partial charge in [0.2, 0.25) is 0 Å². The van der Waals surface area contributed by atoms with Crippen molar-refractivity contribution < 1.29 is 29.0 Å². The maximum absolute atomic E-state index is 14.4. The molecule has 8 nitrogen and oxygen atoms in total. The van der Waals surface area contributed by atoms with Crippen LogP contribution in [-0.4, -0.2) is 45.8 Å². The molecular weight excluding hydrogens is 496 g/mol. The minimum Gasteiger partial charge on any atom is -0.394 e. The number of aromatic nitrogens is 1. The third-order valence-corrected chi connectivity index (χ3v) is 5.32. The predicted octanol–water partition coefficient (Wildman–Crippen LogP) is 2.05. The Morgan fingerprint density at radius 1 is 1.41 bits per heavy atom. The monoisotopic (exact) mass is 517 g/mol. The molecule has 0 unspecified atom stereocenters. The smallest absolute Gasteiger partial charge is 0.278 e. The minimum absolute atomic E-state index is 0.0875. The average Bonchev–Trinajstić information content (AvgIpc) is 2.96. The first-order valence-corrected chi connectivity index (χ1v) is 10.1. The topological polar surface area (TPSA) is 113 Å². The molecule has 1 atom stereocenters. The van der Waals surface area contributed by atoms with Crippen LogP contribution in [0, 0.1) is 9.39 Å². The Morgan fingerprint density at radius 2 is 2.17 bits per heavy atom. The quantitative estimate of drug-likeness (QED) is 0.331. The molecular formula is C19H21FIN3O5. The van der Waals surface area contributed by atoms with Gasteiger partial charge >= 0.3 is 0 Å². The number of ketones is 1. The molecule has 1 aliphatic carbocycles. The summed E-state index contributed by atoms with van der Waals surface area (Å²) >= 11 is 2.00. The third kappa shape index (κ3) is 4.60. The molecule has 0 saturated heterocycles. The molecule has 1 aliphatic rings. The van der Waals surface area contributed by atoms with E-state index in [4.69, 9.17) is 9.94 Å². The minimum atomic E-state index is -1.14. The molecule has 4 N–H and O–H groups in total. The number of carbonyl (C=O) groups excluding carboxylic acids is 2. The van der Waals surface area contributed by atoms with Crippen molar-refractivity contribution in [1.29, 1.82) is 0 Å². The van der Waals surface area contributed by atoms with Gasteiger partial charge in [-0.25, -0.2) is 9.87 Å². The molecule has 1 aromatic carbocycles. The van der Waals surface area contributed by atoms with Gasteiger partial charge in [-0.15, -0.1) is 0 Å². The summed E-state index contributed by atoms with van der Waals surface area (Å²) < 4.78 is 16.7. The van der Waals surface area contributed by atoms with Crippen LogP contribution in [0.1, 0.15) is 39.3 Å². The normalized spacial score (nSPS) is 14.4. The van der Waals surface area contributed by atoms with Crippen molar-refractivity contribution >= 4 is 45.8 Å². The van der Waals surface area contributed by atoms with Crippen molar-refractivity contribution in [1.82, 2.24) is 10.0 Å². The van der Waals surface area contributed by atoms with Crippen molar-refractivity contribution in [2.75, 3.05) is 18.5 Å². The first kappa shape index (κ1) is 21.7. The molecule has 156 valence electrons. The van der Waals surface area contributed by atoms with Gasteiger partial charge in [0.05, 0.1) is 23.6 Å². The average molecular weight is 517 g/mol. The van der Waals surface area contributed by atoms with Crippen molar-refractivity contribution in [3.8, 4) is 0 Å². The Balaban J connectivity index is 1.98. The molecule has 0 aliphatic heterocycles. The summed E-state index contributed by atoms with van der Waals surface area (Å²) in [6.07, 6.45) is 0.369. The molecule has 3 rings (SSSR count). The number of aliphatic hydroxyl groups excluding tert-OH is 2.